The van der Waals surface area contributed by atoms with Crippen LogP contribution in [-0.4, -0.2) is 58.0 Å². The number of pyridine rings is 1. The third-order valence-electron chi connectivity index (χ3n) is 3.10. The van der Waals surface area contributed by atoms with Crippen molar-refractivity contribution in [3.05, 3.63) is 18.5 Å². The Hall–Kier alpha value is -2.35. The molecule has 23 heavy (non-hydrogen) atoms. The smallest absolute Gasteiger partial charge is 0.450 e. The van der Waals surface area contributed by atoms with Crippen molar-refractivity contribution in [2.75, 3.05) is 31.1 Å². The van der Waals surface area contributed by atoms with Crippen molar-refractivity contribution in [3.63, 3.8) is 0 Å². The van der Waals surface area contributed by atoms with Gasteiger partial charge in [-0.15, -0.1) is 0 Å². The fraction of sp³-hybridized carbons (Fsp3) is 0.533. The molecule has 3 rings (SSSR count). The molecule has 126 valence electrons. The first-order valence-corrected chi connectivity index (χ1v) is 7.53. The molecule has 3 heterocycles. The van der Waals surface area contributed by atoms with Crippen LogP contribution in [-0.2, 0) is 4.74 Å². The summed E-state index contributed by atoms with van der Waals surface area (Å²) in [6, 6.07) is 4.08. The van der Waals surface area contributed by atoms with Crippen LogP contribution >= 0.6 is 0 Å². The number of H-pyrrole nitrogens is 1. The van der Waals surface area contributed by atoms with Gasteiger partial charge in [-0.1, -0.05) is 0 Å². The molecule has 0 aliphatic carbocycles. The van der Waals surface area contributed by atoms with Crippen LogP contribution < -0.4 is 10.2 Å². The normalized spacial score (nSPS) is 15.0. The SMILES string of the molecule is CC(C)(C)OC(=O)O.c1nc2nc(N3CCNCC3)ccc2[nH]1. The predicted molar refractivity (Wildman–Crippen MR) is 87.8 cm³/mol. The molecular formula is C15H23N5O3. The van der Waals surface area contributed by atoms with Crippen LogP contribution in [0.1, 0.15) is 20.8 Å². The predicted octanol–water partition coefficient (Wildman–Crippen LogP) is 1.85. The highest BCUT2D eigenvalue weighted by molar-refractivity contribution is 5.72. The van der Waals surface area contributed by atoms with Gasteiger partial charge in [0.05, 0.1) is 11.8 Å². The summed E-state index contributed by atoms with van der Waals surface area (Å²) in [6.07, 6.45) is 0.455. The van der Waals surface area contributed by atoms with E-state index in [1.165, 1.54) is 0 Å². The number of carboxylic acid groups (broad SMARTS) is 1. The summed E-state index contributed by atoms with van der Waals surface area (Å²) in [6.45, 7) is 9.13. The number of hydrogen-bond acceptors (Lipinski definition) is 6. The van der Waals surface area contributed by atoms with E-state index in [9.17, 15) is 4.79 Å². The molecular weight excluding hydrogens is 298 g/mol. The number of fused-ring (bicyclic) bond motifs is 1. The number of hydrogen-bond donors (Lipinski definition) is 3. The molecule has 0 radical (unpaired) electrons. The van der Waals surface area contributed by atoms with E-state index in [0.717, 1.165) is 43.2 Å². The van der Waals surface area contributed by atoms with E-state index >= 15 is 0 Å². The molecule has 0 saturated carbocycles. The molecule has 1 saturated heterocycles. The zero-order valence-electron chi connectivity index (χ0n) is 13.7. The van der Waals surface area contributed by atoms with Gasteiger partial charge in [0.25, 0.3) is 0 Å². The van der Waals surface area contributed by atoms with E-state index in [-0.39, 0.29) is 0 Å². The highest BCUT2D eigenvalue weighted by Gasteiger charge is 2.14. The second-order valence-corrected chi connectivity index (χ2v) is 6.16. The molecule has 1 fully saturated rings. The first-order valence-electron chi connectivity index (χ1n) is 7.53. The average molecular weight is 321 g/mol. The molecule has 0 aromatic carbocycles. The van der Waals surface area contributed by atoms with Crippen LogP contribution in [0.25, 0.3) is 11.2 Å². The molecule has 1 aliphatic rings. The average Bonchev–Trinajstić information content (AvgIpc) is 2.93. The molecule has 0 spiro atoms. The van der Waals surface area contributed by atoms with Crippen LogP contribution in [0.15, 0.2) is 18.5 Å². The first kappa shape index (κ1) is 17.0. The van der Waals surface area contributed by atoms with E-state index in [4.69, 9.17) is 5.11 Å². The fourth-order valence-corrected chi connectivity index (χ4v) is 2.14. The highest BCUT2D eigenvalue weighted by atomic mass is 16.7. The Morgan fingerprint density at radius 3 is 2.57 bits per heavy atom. The third kappa shape index (κ3) is 5.41. The number of aromatic amines is 1. The van der Waals surface area contributed by atoms with E-state index in [0.29, 0.717) is 0 Å². The maximum absolute atomic E-state index is 9.79. The van der Waals surface area contributed by atoms with Gasteiger partial charge < -0.3 is 25.0 Å². The van der Waals surface area contributed by atoms with Gasteiger partial charge in [-0.3, -0.25) is 0 Å². The lowest BCUT2D eigenvalue weighted by atomic mass is 10.2. The van der Waals surface area contributed by atoms with Gasteiger partial charge in [0.2, 0.25) is 0 Å². The Morgan fingerprint density at radius 1 is 1.30 bits per heavy atom. The summed E-state index contributed by atoms with van der Waals surface area (Å²) >= 11 is 0. The molecule has 3 N–H and O–H groups in total. The number of carbonyl (C=O) groups is 1. The maximum atomic E-state index is 9.79. The zero-order valence-corrected chi connectivity index (χ0v) is 13.7. The topological polar surface area (TPSA) is 103 Å². The Bertz CT molecular complexity index is 644. The van der Waals surface area contributed by atoms with Crippen LogP contribution in [0, 0.1) is 0 Å². The summed E-state index contributed by atoms with van der Waals surface area (Å²) in [5, 5.41) is 11.4. The van der Waals surface area contributed by atoms with E-state index in [1.54, 1.807) is 27.1 Å². The van der Waals surface area contributed by atoms with Crippen molar-refractivity contribution >= 4 is 23.1 Å². The van der Waals surface area contributed by atoms with Gasteiger partial charge in [0.1, 0.15) is 11.4 Å². The van der Waals surface area contributed by atoms with Crippen molar-refractivity contribution in [3.8, 4) is 0 Å². The number of rotatable bonds is 1. The second kappa shape index (κ2) is 7.28. The molecule has 0 amide bonds. The minimum atomic E-state index is -1.22. The lowest BCUT2D eigenvalue weighted by Gasteiger charge is -2.28. The van der Waals surface area contributed by atoms with Gasteiger partial charge in [0.15, 0.2) is 5.65 Å². The lowest BCUT2D eigenvalue weighted by molar-refractivity contribution is 0.0150. The molecule has 2 aromatic heterocycles. The minimum Gasteiger partial charge on any atom is -0.450 e. The summed E-state index contributed by atoms with van der Waals surface area (Å²) in [5.41, 5.74) is 1.21. The molecule has 8 nitrogen and oxygen atoms in total. The summed E-state index contributed by atoms with van der Waals surface area (Å²) in [4.78, 5) is 23.8. The summed E-state index contributed by atoms with van der Waals surface area (Å²) in [5.74, 6) is 1.02. The highest BCUT2D eigenvalue weighted by Crippen LogP contribution is 2.15. The molecule has 0 unspecified atom stereocenters. The van der Waals surface area contributed by atoms with Gasteiger partial charge in [0, 0.05) is 26.2 Å². The van der Waals surface area contributed by atoms with Crippen molar-refractivity contribution in [1.29, 1.82) is 0 Å². The minimum absolute atomic E-state index is 0.578. The van der Waals surface area contributed by atoms with Gasteiger partial charge >= 0.3 is 6.16 Å². The van der Waals surface area contributed by atoms with Crippen LogP contribution in [0.3, 0.4) is 0 Å². The summed E-state index contributed by atoms with van der Waals surface area (Å²) < 4.78 is 4.35. The van der Waals surface area contributed by atoms with Crippen LogP contribution in [0.2, 0.25) is 0 Å². The van der Waals surface area contributed by atoms with Crippen LogP contribution in [0.5, 0.6) is 0 Å². The number of ether oxygens (including phenoxy) is 1. The van der Waals surface area contributed by atoms with Crippen molar-refractivity contribution in [1.82, 2.24) is 20.3 Å². The molecule has 1 aliphatic heterocycles. The monoisotopic (exact) mass is 321 g/mol. The van der Waals surface area contributed by atoms with E-state index in [1.807, 2.05) is 12.1 Å². The van der Waals surface area contributed by atoms with Crippen molar-refractivity contribution in [2.24, 2.45) is 0 Å². The summed E-state index contributed by atoms with van der Waals surface area (Å²) in [7, 11) is 0. The number of piperazine rings is 1. The Morgan fingerprint density at radius 2 is 2.00 bits per heavy atom. The van der Waals surface area contributed by atoms with Gasteiger partial charge in [-0.05, 0) is 32.9 Å². The van der Waals surface area contributed by atoms with Crippen molar-refractivity contribution < 1.29 is 14.6 Å². The van der Waals surface area contributed by atoms with E-state index in [2.05, 4.69) is 29.9 Å². The van der Waals surface area contributed by atoms with E-state index < -0.39 is 11.8 Å². The number of nitrogens with zero attached hydrogens (tertiary/aromatic N) is 3. The number of anilines is 1. The molecule has 0 atom stereocenters. The maximum Gasteiger partial charge on any atom is 0.506 e. The number of aromatic nitrogens is 3. The molecule has 0 bridgehead atoms. The Kier molecular flexibility index (Phi) is 5.38. The second-order valence-electron chi connectivity index (χ2n) is 6.16. The van der Waals surface area contributed by atoms with Gasteiger partial charge in [-0.25, -0.2) is 14.8 Å². The standard InChI is InChI=1S/C10H13N5.C5H10O3/c1-2-9(15-5-3-11-4-6-15)14-10-8(1)12-7-13-10;1-5(2,3)8-4(6)7/h1-2,7,11H,3-6H2,(H,12,13,14);1-3H3,(H,6,7). The van der Waals surface area contributed by atoms with Crippen molar-refractivity contribution in [2.45, 2.75) is 26.4 Å². The Labute approximate surface area is 134 Å². The molecule has 8 heteroatoms. The quantitative estimate of drug-likeness (QED) is 0.689. The number of imidazole rings is 1. The van der Waals surface area contributed by atoms with Gasteiger partial charge in [-0.2, -0.15) is 0 Å². The third-order valence-corrected chi connectivity index (χ3v) is 3.10. The number of nitrogens with one attached hydrogen (secondary N) is 2. The first-order chi connectivity index (χ1) is 10.8. The lowest BCUT2D eigenvalue weighted by Crippen LogP contribution is -2.43. The Balaban J connectivity index is 0.000000207. The van der Waals surface area contributed by atoms with Crippen LogP contribution in [0.4, 0.5) is 10.6 Å². The molecule has 2 aromatic rings. The zero-order chi connectivity index (χ0) is 16.9. The fourth-order valence-electron chi connectivity index (χ4n) is 2.14. The largest absolute Gasteiger partial charge is 0.506 e.